The smallest absolute Gasteiger partial charge is 0.225 e. The van der Waals surface area contributed by atoms with E-state index in [4.69, 9.17) is 0 Å². The number of carbonyl (C=O) groups is 1. The molecule has 1 aliphatic heterocycles. The quantitative estimate of drug-likeness (QED) is 0.835. The van der Waals surface area contributed by atoms with Crippen LogP contribution in [0.1, 0.15) is 19.8 Å². The van der Waals surface area contributed by atoms with Crippen LogP contribution in [0, 0.1) is 5.82 Å². The fourth-order valence-corrected chi connectivity index (χ4v) is 2.58. The molecule has 0 aromatic heterocycles. The predicted octanol–water partition coefficient (Wildman–Crippen LogP) is 1.84. The van der Waals surface area contributed by atoms with Crippen LogP contribution < -0.4 is 10.6 Å². The van der Waals surface area contributed by atoms with Gasteiger partial charge in [0.25, 0.3) is 0 Å². The first-order valence-electron chi connectivity index (χ1n) is 7.19. The van der Waals surface area contributed by atoms with Crippen molar-refractivity contribution in [3.63, 3.8) is 0 Å². The second-order valence-electron chi connectivity index (χ2n) is 5.08. The fourth-order valence-electron chi connectivity index (χ4n) is 2.58. The van der Waals surface area contributed by atoms with Gasteiger partial charge in [-0.1, -0.05) is 13.0 Å². The summed E-state index contributed by atoms with van der Waals surface area (Å²) in [5.41, 5.74) is 0.514. The number of carbonyl (C=O) groups excluding carboxylic acids is 1. The third-order valence-corrected chi connectivity index (χ3v) is 3.69. The summed E-state index contributed by atoms with van der Waals surface area (Å²) in [7, 11) is 0. The van der Waals surface area contributed by atoms with Crippen molar-refractivity contribution in [2.24, 2.45) is 0 Å². The lowest BCUT2D eigenvalue weighted by Crippen LogP contribution is -2.38. The molecule has 1 atom stereocenters. The molecule has 1 amide bonds. The number of hydrogen-bond acceptors (Lipinski definition) is 3. The maximum atomic E-state index is 13.0. The average Bonchev–Trinajstić information content (AvgIpc) is 2.93. The lowest BCUT2D eigenvalue weighted by Gasteiger charge is -2.26. The Hall–Kier alpha value is -1.46. The largest absolute Gasteiger partial charge is 0.326 e. The van der Waals surface area contributed by atoms with E-state index in [9.17, 15) is 9.18 Å². The molecule has 0 spiro atoms. The molecule has 1 aliphatic rings. The maximum Gasteiger partial charge on any atom is 0.225 e. The van der Waals surface area contributed by atoms with Crippen molar-refractivity contribution in [3.05, 3.63) is 30.1 Å². The number of halogens is 1. The molecule has 0 aliphatic carbocycles. The van der Waals surface area contributed by atoms with Crippen molar-refractivity contribution >= 4 is 11.6 Å². The molecule has 5 heteroatoms. The minimum atomic E-state index is -0.338. The molecule has 0 radical (unpaired) electrons. The zero-order valence-electron chi connectivity index (χ0n) is 11.9. The predicted molar refractivity (Wildman–Crippen MR) is 78.2 cm³/mol. The van der Waals surface area contributed by atoms with E-state index in [1.54, 1.807) is 12.1 Å². The second kappa shape index (κ2) is 7.36. The molecule has 2 rings (SSSR count). The van der Waals surface area contributed by atoms with E-state index in [-0.39, 0.29) is 11.7 Å². The summed E-state index contributed by atoms with van der Waals surface area (Å²) in [6.45, 7) is 5.85. The van der Waals surface area contributed by atoms with Gasteiger partial charge in [-0.2, -0.15) is 0 Å². The van der Waals surface area contributed by atoms with Crippen LogP contribution in [0.25, 0.3) is 0 Å². The Morgan fingerprint density at radius 2 is 2.40 bits per heavy atom. The molecule has 1 unspecified atom stereocenters. The lowest BCUT2D eigenvalue weighted by molar-refractivity contribution is -0.116. The SMILES string of the molecule is CCN(CCC(=O)Nc1cccc(F)c1)C1CCNC1. The van der Waals surface area contributed by atoms with Crippen LogP contribution in [0.2, 0.25) is 0 Å². The molecule has 1 heterocycles. The molecule has 4 nitrogen and oxygen atoms in total. The summed E-state index contributed by atoms with van der Waals surface area (Å²) < 4.78 is 13.0. The van der Waals surface area contributed by atoms with E-state index in [1.165, 1.54) is 12.1 Å². The summed E-state index contributed by atoms with van der Waals surface area (Å²) in [6, 6.07) is 6.51. The van der Waals surface area contributed by atoms with E-state index in [0.29, 0.717) is 18.2 Å². The van der Waals surface area contributed by atoms with Crippen LogP contribution in [-0.4, -0.2) is 43.0 Å². The second-order valence-corrected chi connectivity index (χ2v) is 5.08. The maximum absolute atomic E-state index is 13.0. The van der Waals surface area contributed by atoms with Crippen LogP contribution in [0.15, 0.2) is 24.3 Å². The van der Waals surface area contributed by atoms with Crippen molar-refractivity contribution in [2.75, 3.05) is 31.5 Å². The van der Waals surface area contributed by atoms with Gasteiger partial charge in [-0.15, -0.1) is 0 Å². The van der Waals surface area contributed by atoms with E-state index in [2.05, 4.69) is 22.5 Å². The van der Waals surface area contributed by atoms with Gasteiger partial charge < -0.3 is 10.6 Å². The molecule has 2 N–H and O–H groups in total. The first kappa shape index (κ1) is 14.9. The number of benzene rings is 1. The summed E-state index contributed by atoms with van der Waals surface area (Å²) >= 11 is 0. The molecule has 1 aromatic carbocycles. The van der Waals surface area contributed by atoms with Gasteiger partial charge in [0.05, 0.1) is 0 Å². The number of likely N-dealkylation sites (N-methyl/N-ethyl adjacent to an activating group) is 1. The zero-order chi connectivity index (χ0) is 14.4. The molecule has 1 aromatic rings. The van der Waals surface area contributed by atoms with Crippen LogP contribution in [0.3, 0.4) is 0 Å². The highest BCUT2D eigenvalue weighted by Gasteiger charge is 2.21. The summed E-state index contributed by atoms with van der Waals surface area (Å²) in [6.07, 6.45) is 1.57. The molecule has 0 saturated carbocycles. The number of hydrogen-bond donors (Lipinski definition) is 2. The molecule has 0 bridgehead atoms. The van der Waals surface area contributed by atoms with Gasteiger partial charge in [0, 0.05) is 31.2 Å². The Morgan fingerprint density at radius 3 is 3.05 bits per heavy atom. The first-order chi connectivity index (χ1) is 9.69. The normalized spacial score (nSPS) is 18.4. The standard InChI is InChI=1S/C15H22FN3O/c1-2-19(14-6-8-17-11-14)9-7-15(20)18-13-5-3-4-12(16)10-13/h3-5,10,14,17H,2,6-9,11H2,1H3,(H,18,20). The molecule has 1 saturated heterocycles. The first-order valence-corrected chi connectivity index (χ1v) is 7.19. The average molecular weight is 279 g/mol. The zero-order valence-corrected chi connectivity index (χ0v) is 11.9. The molecular weight excluding hydrogens is 257 g/mol. The minimum absolute atomic E-state index is 0.0694. The number of anilines is 1. The van der Waals surface area contributed by atoms with Crippen molar-refractivity contribution in [1.29, 1.82) is 0 Å². The molecule has 1 fully saturated rings. The van der Waals surface area contributed by atoms with E-state index in [0.717, 1.165) is 32.6 Å². The summed E-state index contributed by atoms with van der Waals surface area (Å²) in [5, 5.41) is 6.07. The van der Waals surface area contributed by atoms with Crippen molar-refractivity contribution < 1.29 is 9.18 Å². The van der Waals surface area contributed by atoms with Crippen LogP contribution in [-0.2, 0) is 4.79 Å². The Bertz CT molecular complexity index is 446. The third-order valence-electron chi connectivity index (χ3n) is 3.69. The van der Waals surface area contributed by atoms with Crippen molar-refractivity contribution in [3.8, 4) is 0 Å². The highest BCUT2D eigenvalue weighted by molar-refractivity contribution is 5.90. The minimum Gasteiger partial charge on any atom is -0.326 e. The molecule has 20 heavy (non-hydrogen) atoms. The Balaban J connectivity index is 1.79. The van der Waals surface area contributed by atoms with Gasteiger partial charge in [-0.25, -0.2) is 4.39 Å². The highest BCUT2D eigenvalue weighted by Crippen LogP contribution is 2.11. The lowest BCUT2D eigenvalue weighted by atomic mass is 10.2. The number of nitrogens with zero attached hydrogens (tertiary/aromatic N) is 1. The van der Waals surface area contributed by atoms with Gasteiger partial charge in [0.1, 0.15) is 5.82 Å². The highest BCUT2D eigenvalue weighted by atomic mass is 19.1. The molecular formula is C15H22FN3O. The van der Waals surface area contributed by atoms with Crippen LogP contribution >= 0.6 is 0 Å². The number of nitrogens with one attached hydrogen (secondary N) is 2. The van der Waals surface area contributed by atoms with Crippen LogP contribution in [0.4, 0.5) is 10.1 Å². The summed E-state index contributed by atoms with van der Waals surface area (Å²) in [5.74, 6) is -0.407. The van der Waals surface area contributed by atoms with E-state index in [1.807, 2.05) is 0 Å². The third kappa shape index (κ3) is 4.28. The Morgan fingerprint density at radius 1 is 1.55 bits per heavy atom. The monoisotopic (exact) mass is 279 g/mol. The number of rotatable bonds is 6. The molecule has 110 valence electrons. The van der Waals surface area contributed by atoms with Gasteiger partial charge >= 0.3 is 0 Å². The van der Waals surface area contributed by atoms with Gasteiger partial charge in [0.15, 0.2) is 0 Å². The van der Waals surface area contributed by atoms with Crippen molar-refractivity contribution in [1.82, 2.24) is 10.2 Å². The van der Waals surface area contributed by atoms with E-state index >= 15 is 0 Å². The van der Waals surface area contributed by atoms with E-state index < -0.39 is 0 Å². The fraction of sp³-hybridized carbons (Fsp3) is 0.533. The van der Waals surface area contributed by atoms with Gasteiger partial charge in [0.2, 0.25) is 5.91 Å². The topological polar surface area (TPSA) is 44.4 Å². The Labute approximate surface area is 119 Å². The van der Waals surface area contributed by atoms with Gasteiger partial charge in [-0.3, -0.25) is 9.69 Å². The van der Waals surface area contributed by atoms with Crippen LogP contribution in [0.5, 0.6) is 0 Å². The van der Waals surface area contributed by atoms with Crippen molar-refractivity contribution in [2.45, 2.75) is 25.8 Å². The number of amides is 1. The van der Waals surface area contributed by atoms with Gasteiger partial charge in [-0.05, 0) is 37.7 Å². The summed E-state index contributed by atoms with van der Waals surface area (Å²) in [4.78, 5) is 14.2. The Kier molecular flexibility index (Phi) is 5.49.